The predicted octanol–water partition coefficient (Wildman–Crippen LogP) is 5.00. The van der Waals surface area contributed by atoms with Crippen molar-refractivity contribution in [3.05, 3.63) is 83.7 Å². The van der Waals surface area contributed by atoms with Crippen LogP contribution in [0.15, 0.2) is 66.7 Å². The number of piperidine rings is 1. The lowest BCUT2D eigenvalue weighted by molar-refractivity contribution is 0.00674. The monoisotopic (exact) mass is 435 g/mol. The van der Waals surface area contributed by atoms with Gasteiger partial charge < -0.3 is 14.8 Å². The number of likely N-dealkylation sites (tertiary alicyclic amines) is 1. The molecule has 3 heterocycles. The van der Waals surface area contributed by atoms with Crippen LogP contribution < -0.4 is 5.32 Å². The molecule has 2 aromatic carbocycles. The summed E-state index contributed by atoms with van der Waals surface area (Å²) in [6.45, 7) is 3.30. The number of carbonyl (C=O) groups excluding carboxylic acids is 1. The maximum Gasteiger partial charge on any atom is 0.285 e. The second kappa shape index (κ2) is 7.85. The number of fused-ring (bicyclic) bond motifs is 2. The molecule has 5 rings (SSSR count). The molecule has 4 nitrogen and oxygen atoms in total. The first-order valence-electron chi connectivity index (χ1n) is 11.2. The second-order valence-corrected chi connectivity index (χ2v) is 8.86. The zero-order chi connectivity index (χ0) is 22.3. The number of hydrogen-bond donors (Lipinski definition) is 1. The minimum absolute atomic E-state index is 0.0197. The first kappa shape index (κ1) is 20.9. The quantitative estimate of drug-likeness (QED) is 0.629. The molecule has 6 heteroatoms. The van der Waals surface area contributed by atoms with Gasteiger partial charge in [-0.2, -0.15) is 0 Å². The SMILES string of the molecule is CC(F)(F)c1ccc2n1CCNC21CCN(C(=O)c2ccccc2-c2ccccc2)CC1. The summed E-state index contributed by atoms with van der Waals surface area (Å²) in [6, 6.07) is 21.0. The molecule has 1 spiro atoms. The standard InChI is InChI=1S/C26H27F2N3O/c1-25(27,28)22-11-12-23-26(29-15-18-31(22)23)13-16-30(17-14-26)24(32)21-10-6-5-9-20(21)19-7-3-2-4-8-19/h2-12,29H,13-18H2,1H3. The van der Waals surface area contributed by atoms with Crippen LogP contribution in [-0.2, 0) is 18.0 Å². The van der Waals surface area contributed by atoms with Crippen molar-refractivity contribution in [1.29, 1.82) is 0 Å². The van der Waals surface area contributed by atoms with Crippen molar-refractivity contribution in [2.45, 2.75) is 37.8 Å². The van der Waals surface area contributed by atoms with Crippen molar-refractivity contribution < 1.29 is 13.6 Å². The molecule has 166 valence electrons. The van der Waals surface area contributed by atoms with Gasteiger partial charge in [-0.3, -0.25) is 4.79 Å². The molecule has 1 fully saturated rings. The summed E-state index contributed by atoms with van der Waals surface area (Å²) in [7, 11) is 0. The van der Waals surface area contributed by atoms with E-state index in [0.29, 0.717) is 44.6 Å². The zero-order valence-corrected chi connectivity index (χ0v) is 18.2. The average molecular weight is 436 g/mol. The van der Waals surface area contributed by atoms with Crippen molar-refractivity contribution >= 4 is 5.91 Å². The molecule has 3 aromatic rings. The highest BCUT2D eigenvalue weighted by molar-refractivity contribution is 6.01. The van der Waals surface area contributed by atoms with Crippen LogP contribution in [0.25, 0.3) is 11.1 Å². The van der Waals surface area contributed by atoms with Gasteiger partial charge in [0.1, 0.15) is 0 Å². The van der Waals surface area contributed by atoms with Crippen LogP contribution in [0.4, 0.5) is 8.78 Å². The number of hydrogen-bond acceptors (Lipinski definition) is 2. The van der Waals surface area contributed by atoms with E-state index in [2.05, 4.69) is 5.32 Å². The minimum Gasteiger partial charge on any atom is -0.340 e. The number of alkyl halides is 2. The van der Waals surface area contributed by atoms with E-state index in [-0.39, 0.29) is 17.1 Å². The summed E-state index contributed by atoms with van der Waals surface area (Å²) in [6.07, 6.45) is 1.40. The van der Waals surface area contributed by atoms with Gasteiger partial charge in [0.05, 0.1) is 11.2 Å². The molecule has 32 heavy (non-hydrogen) atoms. The second-order valence-electron chi connectivity index (χ2n) is 8.86. The Bertz CT molecular complexity index is 1130. The fraction of sp³-hybridized carbons (Fsp3) is 0.346. The van der Waals surface area contributed by atoms with Gasteiger partial charge in [-0.25, -0.2) is 8.78 Å². The minimum atomic E-state index is -2.87. The molecule has 0 unspecified atom stereocenters. The predicted molar refractivity (Wildman–Crippen MR) is 121 cm³/mol. The van der Waals surface area contributed by atoms with Crippen LogP contribution in [-0.4, -0.2) is 35.0 Å². The molecule has 1 saturated heterocycles. The van der Waals surface area contributed by atoms with Crippen molar-refractivity contribution in [2.75, 3.05) is 19.6 Å². The maximum absolute atomic E-state index is 14.1. The lowest BCUT2D eigenvalue weighted by atomic mass is 9.82. The van der Waals surface area contributed by atoms with Gasteiger partial charge in [0.25, 0.3) is 11.8 Å². The van der Waals surface area contributed by atoms with Gasteiger partial charge in [0, 0.05) is 44.4 Å². The Labute approximate surface area is 186 Å². The summed E-state index contributed by atoms with van der Waals surface area (Å²) in [5.41, 5.74) is 3.27. The van der Waals surface area contributed by atoms with Crippen molar-refractivity contribution in [2.24, 2.45) is 0 Å². The lowest BCUT2D eigenvalue weighted by Gasteiger charge is -2.46. The van der Waals surface area contributed by atoms with Crippen molar-refractivity contribution in [3.8, 4) is 11.1 Å². The molecule has 0 atom stereocenters. The van der Waals surface area contributed by atoms with Crippen LogP contribution in [0, 0.1) is 0 Å². The van der Waals surface area contributed by atoms with Gasteiger partial charge in [0.2, 0.25) is 0 Å². The van der Waals surface area contributed by atoms with Crippen LogP contribution in [0.5, 0.6) is 0 Å². The molecular weight excluding hydrogens is 408 g/mol. The van der Waals surface area contributed by atoms with E-state index in [0.717, 1.165) is 23.7 Å². The molecular formula is C26H27F2N3O. The Morgan fingerprint density at radius 1 is 0.938 bits per heavy atom. The fourth-order valence-electron chi connectivity index (χ4n) is 5.24. The summed E-state index contributed by atoms with van der Waals surface area (Å²) in [4.78, 5) is 15.3. The number of nitrogens with one attached hydrogen (secondary N) is 1. The number of benzene rings is 2. The highest BCUT2D eigenvalue weighted by Crippen LogP contribution is 2.40. The van der Waals surface area contributed by atoms with Gasteiger partial charge in [0.15, 0.2) is 0 Å². The van der Waals surface area contributed by atoms with E-state index < -0.39 is 5.92 Å². The van der Waals surface area contributed by atoms with Crippen LogP contribution in [0.2, 0.25) is 0 Å². The van der Waals surface area contributed by atoms with Gasteiger partial charge in [-0.05, 0) is 42.2 Å². The van der Waals surface area contributed by atoms with E-state index >= 15 is 0 Å². The zero-order valence-electron chi connectivity index (χ0n) is 18.2. The van der Waals surface area contributed by atoms with Gasteiger partial charge >= 0.3 is 0 Å². The van der Waals surface area contributed by atoms with Crippen LogP contribution >= 0.6 is 0 Å². The van der Waals surface area contributed by atoms with Crippen LogP contribution in [0.1, 0.15) is 41.5 Å². The Hall–Kier alpha value is -2.99. The van der Waals surface area contributed by atoms with Gasteiger partial charge in [-0.15, -0.1) is 0 Å². The summed E-state index contributed by atoms with van der Waals surface area (Å²) < 4.78 is 29.9. The summed E-state index contributed by atoms with van der Waals surface area (Å²) >= 11 is 0. The number of rotatable bonds is 3. The van der Waals surface area contributed by atoms with E-state index in [1.165, 1.54) is 0 Å². The lowest BCUT2D eigenvalue weighted by Crippen LogP contribution is -2.56. The van der Waals surface area contributed by atoms with Crippen molar-refractivity contribution in [3.63, 3.8) is 0 Å². The number of aromatic nitrogens is 1. The first-order valence-corrected chi connectivity index (χ1v) is 11.2. The fourth-order valence-corrected chi connectivity index (χ4v) is 5.24. The number of carbonyl (C=O) groups is 1. The average Bonchev–Trinajstić information content (AvgIpc) is 3.26. The number of halogens is 2. The topological polar surface area (TPSA) is 37.3 Å². The maximum atomic E-state index is 14.1. The Balaban J connectivity index is 1.38. The Morgan fingerprint density at radius 2 is 1.62 bits per heavy atom. The molecule has 2 aliphatic rings. The van der Waals surface area contributed by atoms with E-state index in [1.807, 2.05) is 65.6 Å². The summed E-state index contributed by atoms with van der Waals surface area (Å²) in [5, 5.41) is 3.59. The largest absolute Gasteiger partial charge is 0.340 e. The smallest absolute Gasteiger partial charge is 0.285 e. The highest BCUT2D eigenvalue weighted by atomic mass is 19.3. The Kier molecular flexibility index (Phi) is 5.13. The third-order valence-corrected chi connectivity index (χ3v) is 6.87. The van der Waals surface area contributed by atoms with Gasteiger partial charge in [-0.1, -0.05) is 48.5 Å². The number of amides is 1. The molecule has 2 aliphatic heterocycles. The van der Waals surface area contributed by atoms with E-state index in [4.69, 9.17) is 0 Å². The molecule has 0 saturated carbocycles. The molecule has 0 radical (unpaired) electrons. The summed E-state index contributed by atoms with van der Waals surface area (Å²) in [5.74, 6) is -2.85. The molecule has 1 aromatic heterocycles. The normalized spacial score (nSPS) is 17.9. The van der Waals surface area contributed by atoms with Crippen LogP contribution in [0.3, 0.4) is 0 Å². The molecule has 0 bridgehead atoms. The van der Waals surface area contributed by atoms with E-state index in [1.54, 1.807) is 10.6 Å². The number of nitrogens with zero attached hydrogens (tertiary/aromatic N) is 2. The van der Waals surface area contributed by atoms with Crippen molar-refractivity contribution in [1.82, 2.24) is 14.8 Å². The molecule has 1 N–H and O–H groups in total. The Morgan fingerprint density at radius 3 is 2.34 bits per heavy atom. The first-order chi connectivity index (χ1) is 15.4. The molecule has 1 amide bonds. The third-order valence-electron chi connectivity index (χ3n) is 6.87. The third kappa shape index (κ3) is 3.52. The highest BCUT2D eigenvalue weighted by Gasteiger charge is 2.43. The molecule has 0 aliphatic carbocycles. The van der Waals surface area contributed by atoms with E-state index in [9.17, 15) is 13.6 Å².